The third-order valence-electron chi connectivity index (χ3n) is 2.99. The summed E-state index contributed by atoms with van der Waals surface area (Å²) in [6.07, 6.45) is 1.24. The van der Waals surface area contributed by atoms with Crippen molar-refractivity contribution in [2.75, 3.05) is 13.1 Å². The van der Waals surface area contributed by atoms with E-state index in [0.717, 1.165) is 13.1 Å². The molecule has 2 rings (SSSR count). The van der Waals surface area contributed by atoms with Gasteiger partial charge in [0, 0.05) is 12.6 Å². The van der Waals surface area contributed by atoms with Crippen LogP contribution in [0, 0.1) is 0 Å². The quantitative estimate of drug-likeness (QED) is 0.746. The Kier molecular flexibility index (Phi) is 2.85. The molecular formula is C12H18N2. The summed E-state index contributed by atoms with van der Waals surface area (Å²) in [5.41, 5.74) is 8.71. The molecule has 1 aliphatic heterocycles. The fourth-order valence-electron chi connectivity index (χ4n) is 2.22. The number of hydrogen-bond acceptors (Lipinski definition) is 2. The van der Waals surface area contributed by atoms with Crippen LogP contribution in [0.5, 0.6) is 0 Å². The van der Waals surface area contributed by atoms with Crippen LogP contribution in [-0.4, -0.2) is 13.1 Å². The monoisotopic (exact) mass is 190 g/mol. The second-order valence-corrected chi connectivity index (χ2v) is 4.11. The number of nitrogens with two attached hydrogens (primary N) is 1. The number of nitrogens with one attached hydrogen (secondary N) is 1. The van der Waals surface area contributed by atoms with E-state index < -0.39 is 0 Å². The third kappa shape index (κ3) is 1.81. The molecule has 76 valence electrons. The van der Waals surface area contributed by atoms with Gasteiger partial charge in [-0.2, -0.15) is 0 Å². The molecule has 0 aromatic heterocycles. The highest BCUT2D eigenvalue weighted by Crippen LogP contribution is 2.28. The van der Waals surface area contributed by atoms with Crippen molar-refractivity contribution in [3.05, 3.63) is 35.4 Å². The standard InChI is InChI=1S/C12H18N2/c1-9(13)11-4-2-3-5-12(11)10-6-7-14-8-10/h2-5,9-10,14H,6-8,13H2,1H3/t9-,10?/m0/s1. The van der Waals surface area contributed by atoms with Crippen molar-refractivity contribution < 1.29 is 0 Å². The van der Waals surface area contributed by atoms with Crippen LogP contribution in [0.15, 0.2) is 24.3 Å². The number of rotatable bonds is 2. The Bertz CT molecular complexity index is 301. The van der Waals surface area contributed by atoms with Gasteiger partial charge in [0.05, 0.1) is 0 Å². The summed E-state index contributed by atoms with van der Waals surface area (Å²) in [7, 11) is 0. The zero-order valence-corrected chi connectivity index (χ0v) is 8.66. The fraction of sp³-hybridized carbons (Fsp3) is 0.500. The van der Waals surface area contributed by atoms with Gasteiger partial charge < -0.3 is 11.1 Å². The Morgan fingerprint density at radius 1 is 1.43 bits per heavy atom. The molecule has 0 radical (unpaired) electrons. The lowest BCUT2D eigenvalue weighted by Crippen LogP contribution is -2.13. The zero-order chi connectivity index (χ0) is 9.97. The molecule has 14 heavy (non-hydrogen) atoms. The Morgan fingerprint density at radius 3 is 2.86 bits per heavy atom. The van der Waals surface area contributed by atoms with Crippen molar-refractivity contribution in [2.45, 2.75) is 25.3 Å². The van der Waals surface area contributed by atoms with E-state index in [2.05, 4.69) is 36.5 Å². The second kappa shape index (κ2) is 4.11. The highest BCUT2D eigenvalue weighted by Gasteiger charge is 2.19. The van der Waals surface area contributed by atoms with Crippen molar-refractivity contribution in [1.82, 2.24) is 5.32 Å². The molecule has 1 saturated heterocycles. The summed E-state index contributed by atoms with van der Waals surface area (Å²) < 4.78 is 0. The molecule has 0 bridgehead atoms. The van der Waals surface area contributed by atoms with Crippen LogP contribution in [0.25, 0.3) is 0 Å². The van der Waals surface area contributed by atoms with Gasteiger partial charge in [-0.05, 0) is 36.9 Å². The molecule has 1 aromatic carbocycles. The third-order valence-corrected chi connectivity index (χ3v) is 2.99. The number of hydrogen-bond donors (Lipinski definition) is 2. The molecule has 1 unspecified atom stereocenters. The van der Waals surface area contributed by atoms with Gasteiger partial charge in [0.15, 0.2) is 0 Å². The topological polar surface area (TPSA) is 38.0 Å². The molecule has 0 amide bonds. The lowest BCUT2D eigenvalue weighted by molar-refractivity contribution is 0.720. The summed E-state index contributed by atoms with van der Waals surface area (Å²) >= 11 is 0. The molecule has 1 fully saturated rings. The van der Waals surface area contributed by atoms with E-state index in [1.807, 2.05) is 0 Å². The molecular weight excluding hydrogens is 172 g/mol. The normalized spacial score (nSPS) is 23.7. The summed E-state index contributed by atoms with van der Waals surface area (Å²) in [6.45, 7) is 4.29. The maximum atomic E-state index is 5.96. The molecule has 1 aromatic rings. The molecule has 0 saturated carbocycles. The maximum Gasteiger partial charge on any atom is 0.0268 e. The predicted molar refractivity (Wildman–Crippen MR) is 59.3 cm³/mol. The first-order chi connectivity index (χ1) is 6.79. The van der Waals surface area contributed by atoms with Crippen LogP contribution in [-0.2, 0) is 0 Å². The Morgan fingerprint density at radius 2 is 2.21 bits per heavy atom. The lowest BCUT2D eigenvalue weighted by atomic mass is 9.91. The highest BCUT2D eigenvalue weighted by atomic mass is 14.9. The first-order valence-corrected chi connectivity index (χ1v) is 5.34. The van der Waals surface area contributed by atoms with Crippen LogP contribution in [0.3, 0.4) is 0 Å². The average Bonchev–Trinajstić information content (AvgIpc) is 2.70. The molecule has 1 aliphatic rings. The average molecular weight is 190 g/mol. The van der Waals surface area contributed by atoms with Crippen LogP contribution in [0.4, 0.5) is 0 Å². The zero-order valence-electron chi connectivity index (χ0n) is 8.66. The minimum Gasteiger partial charge on any atom is -0.324 e. The predicted octanol–water partition coefficient (Wildman–Crippen LogP) is 1.78. The van der Waals surface area contributed by atoms with Crippen LogP contribution in [0.2, 0.25) is 0 Å². The molecule has 2 heteroatoms. The van der Waals surface area contributed by atoms with E-state index in [9.17, 15) is 0 Å². The van der Waals surface area contributed by atoms with E-state index in [0.29, 0.717) is 5.92 Å². The molecule has 2 atom stereocenters. The van der Waals surface area contributed by atoms with Gasteiger partial charge >= 0.3 is 0 Å². The van der Waals surface area contributed by atoms with Crippen molar-refractivity contribution in [1.29, 1.82) is 0 Å². The minimum absolute atomic E-state index is 0.145. The fourth-order valence-corrected chi connectivity index (χ4v) is 2.22. The Labute approximate surface area is 85.5 Å². The molecule has 1 heterocycles. The number of benzene rings is 1. The summed E-state index contributed by atoms with van der Waals surface area (Å²) in [4.78, 5) is 0. The van der Waals surface area contributed by atoms with Gasteiger partial charge in [-0.15, -0.1) is 0 Å². The molecule has 2 nitrogen and oxygen atoms in total. The smallest absolute Gasteiger partial charge is 0.0268 e. The van der Waals surface area contributed by atoms with Gasteiger partial charge in [-0.25, -0.2) is 0 Å². The van der Waals surface area contributed by atoms with E-state index in [1.54, 1.807) is 0 Å². The Hall–Kier alpha value is -0.860. The van der Waals surface area contributed by atoms with E-state index in [4.69, 9.17) is 5.73 Å². The Balaban J connectivity index is 2.30. The molecule has 3 N–H and O–H groups in total. The van der Waals surface area contributed by atoms with Crippen LogP contribution >= 0.6 is 0 Å². The first kappa shape index (κ1) is 9.69. The lowest BCUT2D eigenvalue weighted by Gasteiger charge is -2.16. The minimum atomic E-state index is 0.145. The van der Waals surface area contributed by atoms with Gasteiger partial charge in [0.2, 0.25) is 0 Å². The van der Waals surface area contributed by atoms with Crippen LogP contribution < -0.4 is 11.1 Å². The summed E-state index contributed by atoms with van der Waals surface area (Å²) in [5, 5.41) is 3.40. The summed E-state index contributed by atoms with van der Waals surface area (Å²) in [5.74, 6) is 0.664. The van der Waals surface area contributed by atoms with Crippen molar-refractivity contribution in [3.8, 4) is 0 Å². The highest BCUT2D eigenvalue weighted by molar-refractivity contribution is 5.33. The van der Waals surface area contributed by atoms with Crippen molar-refractivity contribution in [3.63, 3.8) is 0 Å². The first-order valence-electron chi connectivity index (χ1n) is 5.34. The van der Waals surface area contributed by atoms with Crippen molar-refractivity contribution in [2.24, 2.45) is 5.73 Å². The van der Waals surface area contributed by atoms with Gasteiger partial charge in [0.25, 0.3) is 0 Å². The van der Waals surface area contributed by atoms with E-state index in [1.165, 1.54) is 17.5 Å². The SMILES string of the molecule is C[C@H](N)c1ccccc1C1CCNC1. The largest absolute Gasteiger partial charge is 0.324 e. The summed E-state index contributed by atoms with van der Waals surface area (Å²) in [6, 6.07) is 8.70. The second-order valence-electron chi connectivity index (χ2n) is 4.11. The molecule has 0 spiro atoms. The maximum absolute atomic E-state index is 5.96. The van der Waals surface area contributed by atoms with E-state index >= 15 is 0 Å². The van der Waals surface area contributed by atoms with Gasteiger partial charge in [0.1, 0.15) is 0 Å². The van der Waals surface area contributed by atoms with Crippen LogP contribution in [0.1, 0.15) is 36.4 Å². The van der Waals surface area contributed by atoms with E-state index in [-0.39, 0.29) is 6.04 Å². The van der Waals surface area contributed by atoms with Crippen molar-refractivity contribution >= 4 is 0 Å². The van der Waals surface area contributed by atoms with Gasteiger partial charge in [-0.1, -0.05) is 24.3 Å². The van der Waals surface area contributed by atoms with Gasteiger partial charge in [-0.3, -0.25) is 0 Å². The molecule has 0 aliphatic carbocycles.